The average molecular weight is 363 g/mol. The number of carbonyl (C=O) groups is 1. The fourth-order valence-electron chi connectivity index (χ4n) is 3.24. The van der Waals surface area contributed by atoms with Crippen LogP contribution in [0.4, 0.5) is 0 Å². The highest BCUT2D eigenvalue weighted by atomic mass is 16.7. The van der Waals surface area contributed by atoms with Gasteiger partial charge in [-0.2, -0.15) is 0 Å². The summed E-state index contributed by atoms with van der Waals surface area (Å²) >= 11 is 0. The number of rotatable bonds is 5. The zero-order valence-electron chi connectivity index (χ0n) is 15.3. The van der Waals surface area contributed by atoms with Crippen LogP contribution in [0.15, 0.2) is 61.1 Å². The second-order valence-electron chi connectivity index (χ2n) is 6.60. The Kier molecular flexibility index (Phi) is 4.54. The van der Waals surface area contributed by atoms with Gasteiger partial charge in [0, 0.05) is 13.6 Å². The van der Waals surface area contributed by atoms with Crippen LogP contribution in [0.25, 0.3) is 0 Å². The Bertz CT molecular complexity index is 952. The van der Waals surface area contributed by atoms with Gasteiger partial charge in [0.15, 0.2) is 11.5 Å². The van der Waals surface area contributed by atoms with Crippen molar-refractivity contribution in [3.63, 3.8) is 0 Å². The Hall–Kier alpha value is -3.28. The maximum atomic E-state index is 13.3. The molecule has 27 heavy (non-hydrogen) atoms. The molecule has 1 amide bonds. The third kappa shape index (κ3) is 3.38. The van der Waals surface area contributed by atoms with Gasteiger partial charge in [0.2, 0.25) is 6.79 Å². The molecule has 0 bridgehead atoms. The van der Waals surface area contributed by atoms with Gasteiger partial charge >= 0.3 is 0 Å². The maximum Gasteiger partial charge on any atom is 0.272 e. The summed E-state index contributed by atoms with van der Waals surface area (Å²) in [6.07, 6.45) is 3.24. The molecule has 6 heteroatoms. The van der Waals surface area contributed by atoms with Crippen molar-refractivity contribution in [2.75, 3.05) is 6.79 Å². The number of hydrogen-bond acceptors (Lipinski definition) is 4. The number of nitrogens with zero attached hydrogens (tertiary/aromatic N) is 3. The average Bonchev–Trinajstić information content (AvgIpc) is 3.34. The van der Waals surface area contributed by atoms with Crippen LogP contribution >= 0.6 is 0 Å². The van der Waals surface area contributed by atoms with Gasteiger partial charge in [-0.15, -0.1) is 0 Å². The summed E-state index contributed by atoms with van der Waals surface area (Å²) in [7, 11) is 1.83. The normalized spacial score (nSPS) is 13.4. The van der Waals surface area contributed by atoms with Crippen LogP contribution in [0.1, 0.15) is 34.6 Å². The van der Waals surface area contributed by atoms with E-state index in [4.69, 9.17) is 9.47 Å². The predicted molar refractivity (Wildman–Crippen MR) is 101 cm³/mol. The third-order valence-electron chi connectivity index (χ3n) is 4.84. The lowest BCUT2D eigenvalue weighted by molar-refractivity contribution is 0.0664. The van der Waals surface area contributed by atoms with Crippen LogP contribution in [-0.4, -0.2) is 27.2 Å². The van der Waals surface area contributed by atoms with Crippen LogP contribution in [-0.2, 0) is 13.6 Å². The molecule has 0 N–H and O–H groups in total. The number of amides is 1. The zero-order chi connectivity index (χ0) is 18.8. The molecule has 0 unspecified atom stereocenters. The number of ether oxygens (including phenoxy) is 2. The van der Waals surface area contributed by atoms with Gasteiger partial charge in [-0.05, 0) is 30.2 Å². The summed E-state index contributed by atoms with van der Waals surface area (Å²) in [6, 6.07) is 15.7. The molecule has 1 aliphatic rings. The molecule has 1 aliphatic heterocycles. The van der Waals surface area contributed by atoms with Crippen LogP contribution in [0.2, 0.25) is 0 Å². The molecule has 138 valence electrons. The minimum absolute atomic E-state index is 0.0657. The molecule has 0 spiro atoms. The summed E-state index contributed by atoms with van der Waals surface area (Å²) in [6.45, 7) is 2.73. The minimum Gasteiger partial charge on any atom is -0.454 e. The molecule has 0 saturated heterocycles. The quantitative estimate of drug-likeness (QED) is 0.696. The van der Waals surface area contributed by atoms with E-state index in [0.717, 1.165) is 16.9 Å². The van der Waals surface area contributed by atoms with Crippen molar-refractivity contribution in [2.24, 2.45) is 7.05 Å². The van der Waals surface area contributed by atoms with E-state index in [1.54, 1.807) is 17.1 Å². The smallest absolute Gasteiger partial charge is 0.272 e. The number of benzene rings is 2. The first kappa shape index (κ1) is 17.1. The van der Waals surface area contributed by atoms with E-state index in [0.29, 0.717) is 18.0 Å². The summed E-state index contributed by atoms with van der Waals surface area (Å²) in [5, 5.41) is 0. The molecular formula is C21H21N3O3. The first-order valence-corrected chi connectivity index (χ1v) is 8.84. The van der Waals surface area contributed by atoms with Crippen LogP contribution in [0.3, 0.4) is 0 Å². The van der Waals surface area contributed by atoms with Gasteiger partial charge in [-0.25, -0.2) is 4.98 Å². The first-order valence-electron chi connectivity index (χ1n) is 8.84. The van der Waals surface area contributed by atoms with Crippen molar-refractivity contribution in [3.8, 4) is 11.5 Å². The summed E-state index contributed by atoms with van der Waals surface area (Å²) in [5.41, 5.74) is 2.62. The molecule has 0 saturated carbocycles. The fourth-order valence-corrected chi connectivity index (χ4v) is 3.24. The number of aromatic nitrogens is 2. The Labute approximate surface area is 158 Å². The molecular weight excluding hydrogens is 342 g/mol. The second kappa shape index (κ2) is 7.15. The lowest BCUT2D eigenvalue weighted by atomic mass is 10.1. The van der Waals surface area contributed by atoms with E-state index in [9.17, 15) is 4.79 Å². The third-order valence-corrected chi connectivity index (χ3v) is 4.84. The first-order chi connectivity index (χ1) is 13.1. The van der Waals surface area contributed by atoms with Crippen molar-refractivity contribution in [1.29, 1.82) is 0 Å². The molecule has 0 radical (unpaired) electrons. The highest BCUT2D eigenvalue weighted by molar-refractivity contribution is 5.92. The second-order valence-corrected chi connectivity index (χ2v) is 6.60. The fraction of sp³-hybridized carbons (Fsp3) is 0.238. The number of imidazole rings is 1. The van der Waals surface area contributed by atoms with Gasteiger partial charge in [-0.1, -0.05) is 36.4 Å². The summed E-state index contributed by atoms with van der Waals surface area (Å²) in [4.78, 5) is 19.2. The predicted octanol–water partition coefficient (Wildman–Crippen LogP) is 3.55. The van der Waals surface area contributed by atoms with Crippen molar-refractivity contribution in [1.82, 2.24) is 14.5 Å². The molecule has 3 aromatic rings. The van der Waals surface area contributed by atoms with E-state index in [2.05, 4.69) is 4.98 Å². The summed E-state index contributed by atoms with van der Waals surface area (Å²) in [5.74, 6) is 1.39. The number of hydrogen-bond donors (Lipinski definition) is 0. The molecule has 1 aromatic heterocycles. The highest BCUT2D eigenvalue weighted by Crippen LogP contribution is 2.34. The topological polar surface area (TPSA) is 56.6 Å². The van der Waals surface area contributed by atoms with Gasteiger partial charge < -0.3 is 18.9 Å². The van der Waals surface area contributed by atoms with Crippen LogP contribution in [0.5, 0.6) is 11.5 Å². The van der Waals surface area contributed by atoms with Crippen molar-refractivity contribution in [2.45, 2.75) is 19.5 Å². The van der Waals surface area contributed by atoms with Gasteiger partial charge in [-0.3, -0.25) is 4.79 Å². The van der Waals surface area contributed by atoms with E-state index in [-0.39, 0.29) is 18.7 Å². The molecule has 0 aliphatic carbocycles. The van der Waals surface area contributed by atoms with E-state index < -0.39 is 0 Å². The Morgan fingerprint density at radius 1 is 1.19 bits per heavy atom. The van der Waals surface area contributed by atoms with Gasteiger partial charge in [0.1, 0.15) is 5.69 Å². The Morgan fingerprint density at radius 3 is 2.70 bits per heavy atom. The van der Waals surface area contributed by atoms with E-state index in [1.807, 2.05) is 67.4 Å². The molecule has 6 nitrogen and oxygen atoms in total. The van der Waals surface area contributed by atoms with Crippen LogP contribution in [0, 0.1) is 0 Å². The van der Waals surface area contributed by atoms with E-state index in [1.165, 1.54) is 0 Å². The molecule has 0 fully saturated rings. The molecule has 4 rings (SSSR count). The standard InChI is InChI=1S/C21H21N3O3/c1-15(17-6-4-3-5-7-17)24(21(25)18-11-22-13-23(18)2)12-16-8-9-19-20(10-16)27-14-26-19/h3-11,13,15H,12,14H2,1-2H3/t15-/m1/s1. The molecule has 1 atom stereocenters. The Morgan fingerprint density at radius 2 is 1.96 bits per heavy atom. The molecule has 2 heterocycles. The van der Waals surface area contributed by atoms with Crippen molar-refractivity contribution in [3.05, 3.63) is 77.9 Å². The number of carbonyl (C=O) groups excluding carboxylic acids is 1. The largest absolute Gasteiger partial charge is 0.454 e. The minimum atomic E-state index is -0.0981. The van der Waals surface area contributed by atoms with Gasteiger partial charge in [0.25, 0.3) is 5.91 Å². The van der Waals surface area contributed by atoms with Gasteiger partial charge in [0.05, 0.1) is 18.6 Å². The SMILES string of the molecule is C[C@H](c1ccccc1)N(Cc1ccc2c(c1)OCO2)C(=O)c1cncn1C. The monoisotopic (exact) mass is 363 g/mol. The van der Waals surface area contributed by atoms with Crippen molar-refractivity contribution < 1.29 is 14.3 Å². The summed E-state index contributed by atoms with van der Waals surface area (Å²) < 4.78 is 12.6. The Balaban J connectivity index is 1.67. The molecule has 2 aromatic carbocycles. The highest BCUT2D eigenvalue weighted by Gasteiger charge is 2.25. The van der Waals surface area contributed by atoms with Crippen molar-refractivity contribution >= 4 is 5.91 Å². The lowest BCUT2D eigenvalue weighted by Crippen LogP contribution is -2.34. The number of fused-ring (bicyclic) bond motifs is 1. The van der Waals surface area contributed by atoms with Crippen LogP contribution < -0.4 is 9.47 Å². The van der Waals surface area contributed by atoms with E-state index >= 15 is 0 Å². The zero-order valence-corrected chi connectivity index (χ0v) is 15.3. The lowest BCUT2D eigenvalue weighted by Gasteiger charge is -2.30. The number of aryl methyl sites for hydroxylation is 1. The maximum absolute atomic E-state index is 13.3.